The first-order valence-electron chi connectivity index (χ1n) is 7.72. The molecule has 0 fully saturated rings. The highest BCUT2D eigenvalue weighted by Gasteiger charge is 2.07. The summed E-state index contributed by atoms with van der Waals surface area (Å²) in [5, 5.41) is 9.79. The van der Waals surface area contributed by atoms with E-state index >= 15 is 0 Å². The second kappa shape index (κ2) is 7.49. The normalized spacial score (nSPS) is 10.9. The molecular formula is C20H17NO4. The summed E-state index contributed by atoms with van der Waals surface area (Å²) in [6.45, 7) is -0.410. The lowest BCUT2D eigenvalue weighted by Crippen LogP contribution is -2.10. The maximum atomic E-state index is 10.6. The number of methoxy groups -OCH3 is 1. The van der Waals surface area contributed by atoms with Crippen LogP contribution in [0.4, 0.5) is 0 Å². The minimum absolute atomic E-state index is 0.394. The third-order valence-corrected chi connectivity index (χ3v) is 3.61. The van der Waals surface area contributed by atoms with Crippen LogP contribution in [0.15, 0.2) is 54.6 Å². The van der Waals surface area contributed by atoms with Gasteiger partial charge in [0.25, 0.3) is 0 Å². The molecule has 3 rings (SSSR count). The van der Waals surface area contributed by atoms with Gasteiger partial charge < -0.3 is 14.6 Å². The third-order valence-electron chi connectivity index (χ3n) is 3.61. The number of fused-ring (bicyclic) bond motifs is 1. The Morgan fingerprint density at radius 3 is 2.72 bits per heavy atom. The molecule has 0 aliphatic heterocycles. The fourth-order valence-electron chi connectivity index (χ4n) is 2.40. The zero-order valence-corrected chi connectivity index (χ0v) is 13.7. The van der Waals surface area contributed by atoms with Crippen LogP contribution in [0.5, 0.6) is 11.5 Å². The molecule has 5 heteroatoms. The lowest BCUT2D eigenvalue weighted by molar-refractivity contribution is -0.139. The molecule has 2 aromatic carbocycles. The SMILES string of the molecule is COc1cc(/C=C/c2ccc3ccccc3n2)ccc1OCC(=O)O. The van der Waals surface area contributed by atoms with Gasteiger partial charge in [-0.15, -0.1) is 0 Å². The zero-order valence-electron chi connectivity index (χ0n) is 13.7. The Bertz CT molecular complexity index is 934. The topological polar surface area (TPSA) is 68.7 Å². The summed E-state index contributed by atoms with van der Waals surface area (Å²) in [6.07, 6.45) is 3.83. The molecule has 0 amide bonds. The molecule has 0 saturated heterocycles. The highest BCUT2D eigenvalue weighted by Crippen LogP contribution is 2.28. The van der Waals surface area contributed by atoms with Crippen molar-refractivity contribution in [3.05, 3.63) is 65.9 Å². The minimum atomic E-state index is -1.03. The Morgan fingerprint density at radius 1 is 1.08 bits per heavy atom. The van der Waals surface area contributed by atoms with Crippen LogP contribution in [-0.4, -0.2) is 29.8 Å². The van der Waals surface area contributed by atoms with Crippen molar-refractivity contribution in [1.29, 1.82) is 0 Å². The predicted molar refractivity (Wildman–Crippen MR) is 96.8 cm³/mol. The molecule has 1 N–H and O–H groups in total. The maximum Gasteiger partial charge on any atom is 0.341 e. The molecule has 5 nitrogen and oxygen atoms in total. The Labute approximate surface area is 145 Å². The highest BCUT2D eigenvalue weighted by molar-refractivity contribution is 5.81. The van der Waals surface area contributed by atoms with Gasteiger partial charge in [0.1, 0.15) is 0 Å². The van der Waals surface area contributed by atoms with E-state index in [1.807, 2.05) is 54.6 Å². The van der Waals surface area contributed by atoms with Crippen molar-refractivity contribution in [3.63, 3.8) is 0 Å². The quantitative estimate of drug-likeness (QED) is 0.740. The number of aromatic nitrogens is 1. The molecule has 0 saturated carbocycles. The smallest absolute Gasteiger partial charge is 0.341 e. The Morgan fingerprint density at radius 2 is 1.92 bits per heavy atom. The highest BCUT2D eigenvalue weighted by atomic mass is 16.5. The van der Waals surface area contributed by atoms with E-state index in [4.69, 9.17) is 14.6 Å². The van der Waals surface area contributed by atoms with Crippen LogP contribution in [0, 0.1) is 0 Å². The van der Waals surface area contributed by atoms with E-state index in [2.05, 4.69) is 4.98 Å². The molecule has 0 unspecified atom stereocenters. The number of ether oxygens (including phenoxy) is 2. The second-order valence-electron chi connectivity index (χ2n) is 5.35. The van der Waals surface area contributed by atoms with Crippen molar-refractivity contribution in [2.75, 3.05) is 13.7 Å². The monoisotopic (exact) mass is 335 g/mol. The molecule has 0 aliphatic rings. The van der Waals surface area contributed by atoms with E-state index in [0.29, 0.717) is 11.5 Å². The second-order valence-corrected chi connectivity index (χ2v) is 5.35. The van der Waals surface area contributed by atoms with Gasteiger partial charge in [-0.2, -0.15) is 0 Å². The molecule has 0 spiro atoms. The van der Waals surface area contributed by atoms with Crippen LogP contribution < -0.4 is 9.47 Å². The molecule has 0 aliphatic carbocycles. The number of carbonyl (C=O) groups is 1. The third kappa shape index (κ3) is 4.14. The average Bonchev–Trinajstić information content (AvgIpc) is 2.64. The molecule has 0 bridgehead atoms. The van der Waals surface area contributed by atoms with E-state index in [0.717, 1.165) is 22.2 Å². The van der Waals surface area contributed by atoms with Crippen LogP contribution >= 0.6 is 0 Å². The van der Waals surface area contributed by atoms with E-state index in [1.165, 1.54) is 7.11 Å². The van der Waals surface area contributed by atoms with Crippen molar-refractivity contribution in [2.45, 2.75) is 0 Å². The van der Waals surface area contributed by atoms with Crippen LogP contribution in [-0.2, 0) is 4.79 Å². The van der Waals surface area contributed by atoms with Gasteiger partial charge in [-0.05, 0) is 35.9 Å². The molecule has 0 atom stereocenters. The summed E-state index contributed by atoms with van der Waals surface area (Å²) in [5.41, 5.74) is 2.69. The maximum absolute atomic E-state index is 10.6. The van der Waals surface area contributed by atoms with Crippen molar-refractivity contribution in [2.24, 2.45) is 0 Å². The molecule has 1 heterocycles. The molecule has 1 aromatic heterocycles. The number of hydrogen-bond acceptors (Lipinski definition) is 4. The van der Waals surface area contributed by atoms with Crippen molar-refractivity contribution in [1.82, 2.24) is 4.98 Å². The summed E-state index contributed by atoms with van der Waals surface area (Å²) in [7, 11) is 1.52. The van der Waals surface area contributed by atoms with Gasteiger partial charge in [-0.3, -0.25) is 0 Å². The van der Waals surface area contributed by atoms with Crippen molar-refractivity contribution in [3.8, 4) is 11.5 Å². The fraction of sp³-hybridized carbons (Fsp3) is 0.100. The minimum Gasteiger partial charge on any atom is -0.493 e. The van der Waals surface area contributed by atoms with Gasteiger partial charge in [0.15, 0.2) is 18.1 Å². The van der Waals surface area contributed by atoms with E-state index in [9.17, 15) is 4.79 Å². The first-order valence-corrected chi connectivity index (χ1v) is 7.72. The number of aliphatic carboxylic acids is 1. The molecule has 126 valence electrons. The van der Waals surface area contributed by atoms with Gasteiger partial charge in [-0.1, -0.05) is 36.4 Å². The number of benzene rings is 2. The number of hydrogen-bond donors (Lipinski definition) is 1. The summed E-state index contributed by atoms with van der Waals surface area (Å²) in [6, 6.07) is 17.2. The number of para-hydroxylation sites is 1. The van der Waals surface area contributed by atoms with E-state index in [1.54, 1.807) is 12.1 Å². The van der Waals surface area contributed by atoms with Gasteiger partial charge in [0.2, 0.25) is 0 Å². The summed E-state index contributed by atoms with van der Waals surface area (Å²) in [4.78, 5) is 15.2. The van der Waals surface area contributed by atoms with Crippen molar-refractivity contribution >= 4 is 29.0 Å². The van der Waals surface area contributed by atoms with Crippen LogP contribution in [0.25, 0.3) is 23.1 Å². The van der Waals surface area contributed by atoms with Gasteiger partial charge in [0.05, 0.1) is 18.3 Å². The van der Waals surface area contributed by atoms with Crippen LogP contribution in [0.3, 0.4) is 0 Å². The average molecular weight is 335 g/mol. The van der Waals surface area contributed by atoms with E-state index in [-0.39, 0.29) is 0 Å². The van der Waals surface area contributed by atoms with Crippen LogP contribution in [0.2, 0.25) is 0 Å². The standard InChI is InChI=1S/C20H17NO4/c1-24-19-12-14(7-11-18(19)25-13-20(22)23)6-9-16-10-8-15-4-2-3-5-17(15)21-16/h2-12H,13H2,1H3,(H,22,23)/b9-6+. The number of rotatable bonds is 6. The first kappa shape index (κ1) is 16.5. The summed E-state index contributed by atoms with van der Waals surface area (Å²) < 4.78 is 10.5. The number of carboxylic acid groups (broad SMARTS) is 1. The van der Waals surface area contributed by atoms with E-state index < -0.39 is 12.6 Å². The lowest BCUT2D eigenvalue weighted by atomic mass is 10.1. The number of nitrogens with zero attached hydrogens (tertiary/aromatic N) is 1. The Balaban J connectivity index is 1.81. The largest absolute Gasteiger partial charge is 0.493 e. The zero-order chi connectivity index (χ0) is 17.6. The Kier molecular flexibility index (Phi) is 4.95. The fourth-order valence-corrected chi connectivity index (χ4v) is 2.40. The lowest BCUT2D eigenvalue weighted by Gasteiger charge is -2.09. The molecular weight excluding hydrogens is 318 g/mol. The van der Waals surface area contributed by atoms with Crippen LogP contribution in [0.1, 0.15) is 11.3 Å². The van der Waals surface area contributed by atoms with Gasteiger partial charge in [0, 0.05) is 5.39 Å². The van der Waals surface area contributed by atoms with Gasteiger partial charge >= 0.3 is 5.97 Å². The number of pyridine rings is 1. The predicted octanol–water partition coefficient (Wildman–Crippen LogP) is 3.88. The number of carboxylic acids is 1. The van der Waals surface area contributed by atoms with Gasteiger partial charge in [-0.25, -0.2) is 9.78 Å². The first-order chi connectivity index (χ1) is 12.2. The molecule has 0 radical (unpaired) electrons. The molecule has 3 aromatic rings. The molecule has 25 heavy (non-hydrogen) atoms. The summed E-state index contributed by atoms with van der Waals surface area (Å²) >= 11 is 0. The Hall–Kier alpha value is -3.34. The van der Waals surface area contributed by atoms with Crippen molar-refractivity contribution < 1.29 is 19.4 Å². The summed E-state index contributed by atoms with van der Waals surface area (Å²) in [5.74, 6) is -0.158.